The summed E-state index contributed by atoms with van der Waals surface area (Å²) in [6.07, 6.45) is 3.08. The molecule has 1 unspecified atom stereocenters. The van der Waals surface area contributed by atoms with E-state index in [9.17, 15) is 13.6 Å². The molecule has 1 aromatic heterocycles. The predicted octanol–water partition coefficient (Wildman–Crippen LogP) is 3.36. The van der Waals surface area contributed by atoms with Crippen LogP contribution in [0.25, 0.3) is 11.0 Å². The number of fused-ring (bicyclic) bond motifs is 1. The number of thioether (sulfide) groups is 1. The maximum Gasteiger partial charge on any atom is 0.323 e. The van der Waals surface area contributed by atoms with Gasteiger partial charge in [0.15, 0.2) is 11.6 Å². The molecule has 0 saturated carbocycles. The number of nitrogens with zero attached hydrogens (tertiary/aromatic N) is 2. The van der Waals surface area contributed by atoms with E-state index in [-0.39, 0.29) is 11.8 Å². The lowest BCUT2D eigenvalue weighted by molar-refractivity contribution is -0.137. The van der Waals surface area contributed by atoms with Crippen LogP contribution < -0.4 is 0 Å². The van der Waals surface area contributed by atoms with Crippen LogP contribution in [-0.2, 0) is 11.3 Å². The van der Waals surface area contributed by atoms with Gasteiger partial charge in [0.05, 0.1) is 16.3 Å². The SMILES string of the molecule is O=C(O)Cn1c(C2CCCCS2)nc2cc(F)c(F)cc21. The van der Waals surface area contributed by atoms with Crippen molar-refractivity contribution in [3.05, 3.63) is 29.6 Å². The number of aliphatic carboxylic acids is 1. The fraction of sp³-hybridized carbons (Fsp3) is 0.429. The number of halogens is 2. The third-order valence-corrected chi connectivity index (χ3v) is 4.95. The van der Waals surface area contributed by atoms with Gasteiger partial charge in [-0.25, -0.2) is 13.8 Å². The zero-order valence-electron chi connectivity index (χ0n) is 11.2. The maximum atomic E-state index is 13.4. The summed E-state index contributed by atoms with van der Waals surface area (Å²) in [6, 6.07) is 2.05. The molecule has 1 aromatic carbocycles. The minimum absolute atomic E-state index is 0.0802. The summed E-state index contributed by atoms with van der Waals surface area (Å²) in [5.41, 5.74) is 0.633. The Balaban J connectivity index is 2.14. The van der Waals surface area contributed by atoms with Crippen molar-refractivity contribution in [3.8, 4) is 0 Å². The van der Waals surface area contributed by atoms with Gasteiger partial charge in [0, 0.05) is 12.1 Å². The molecular formula is C14H14F2N2O2S. The van der Waals surface area contributed by atoms with Crippen molar-refractivity contribution >= 4 is 28.8 Å². The van der Waals surface area contributed by atoms with Crippen LogP contribution in [0.3, 0.4) is 0 Å². The van der Waals surface area contributed by atoms with E-state index in [1.807, 2.05) is 0 Å². The number of imidazole rings is 1. The number of aromatic nitrogens is 2. The smallest absolute Gasteiger partial charge is 0.323 e. The van der Waals surface area contributed by atoms with Crippen molar-refractivity contribution in [2.24, 2.45) is 0 Å². The number of carbonyl (C=O) groups is 1. The van der Waals surface area contributed by atoms with Gasteiger partial charge in [0.1, 0.15) is 12.4 Å². The van der Waals surface area contributed by atoms with Gasteiger partial charge in [-0.05, 0) is 18.6 Å². The van der Waals surface area contributed by atoms with Gasteiger partial charge in [0.2, 0.25) is 0 Å². The van der Waals surface area contributed by atoms with Crippen LogP contribution in [0.1, 0.15) is 30.3 Å². The molecule has 7 heteroatoms. The van der Waals surface area contributed by atoms with Crippen molar-refractivity contribution in [1.82, 2.24) is 9.55 Å². The summed E-state index contributed by atoms with van der Waals surface area (Å²) in [5, 5.41) is 9.15. The minimum Gasteiger partial charge on any atom is -0.480 e. The minimum atomic E-state index is -1.03. The Labute approximate surface area is 124 Å². The molecule has 0 radical (unpaired) electrons. The van der Waals surface area contributed by atoms with Crippen molar-refractivity contribution in [1.29, 1.82) is 0 Å². The van der Waals surface area contributed by atoms with Gasteiger partial charge in [-0.15, -0.1) is 0 Å². The third kappa shape index (κ3) is 2.74. The second kappa shape index (κ2) is 5.63. The summed E-state index contributed by atoms with van der Waals surface area (Å²) >= 11 is 1.72. The summed E-state index contributed by atoms with van der Waals surface area (Å²) < 4.78 is 28.3. The van der Waals surface area contributed by atoms with Crippen LogP contribution >= 0.6 is 11.8 Å². The average Bonchev–Trinajstić information content (AvgIpc) is 2.78. The van der Waals surface area contributed by atoms with Gasteiger partial charge < -0.3 is 9.67 Å². The summed E-state index contributed by atoms with van der Waals surface area (Å²) in [5.74, 6) is -1.39. The fourth-order valence-electron chi connectivity index (χ4n) is 2.63. The zero-order chi connectivity index (χ0) is 15.0. The zero-order valence-corrected chi connectivity index (χ0v) is 12.0. The van der Waals surface area contributed by atoms with Crippen molar-refractivity contribution in [2.75, 3.05) is 5.75 Å². The Morgan fingerprint density at radius 3 is 2.81 bits per heavy atom. The van der Waals surface area contributed by atoms with E-state index < -0.39 is 17.6 Å². The monoisotopic (exact) mass is 312 g/mol. The number of carboxylic acids is 1. The molecule has 0 amide bonds. The third-order valence-electron chi connectivity index (χ3n) is 3.58. The molecule has 1 aliphatic heterocycles. The van der Waals surface area contributed by atoms with E-state index in [2.05, 4.69) is 4.98 Å². The largest absolute Gasteiger partial charge is 0.480 e. The Morgan fingerprint density at radius 2 is 2.14 bits per heavy atom. The Bertz CT molecular complexity index is 696. The van der Waals surface area contributed by atoms with Gasteiger partial charge in [-0.1, -0.05) is 6.42 Å². The first-order valence-electron chi connectivity index (χ1n) is 6.75. The van der Waals surface area contributed by atoms with Crippen LogP contribution in [0, 0.1) is 11.6 Å². The number of hydrogen-bond donors (Lipinski definition) is 1. The molecule has 2 heterocycles. The van der Waals surface area contributed by atoms with E-state index in [1.54, 1.807) is 11.8 Å². The highest BCUT2D eigenvalue weighted by atomic mass is 32.2. The summed E-state index contributed by atoms with van der Waals surface area (Å²) in [7, 11) is 0. The normalized spacial score (nSPS) is 19.0. The van der Waals surface area contributed by atoms with Crippen LogP contribution in [0.2, 0.25) is 0 Å². The van der Waals surface area contributed by atoms with Crippen molar-refractivity contribution < 1.29 is 18.7 Å². The molecule has 0 bridgehead atoms. The quantitative estimate of drug-likeness (QED) is 0.944. The molecular weight excluding hydrogens is 298 g/mol. The highest BCUT2D eigenvalue weighted by molar-refractivity contribution is 7.99. The highest BCUT2D eigenvalue weighted by Gasteiger charge is 2.24. The highest BCUT2D eigenvalue weighted by Crippen LogP contribution is 2.39. The van der Waals surface area contributed by atoms with Crippen LogP contribution in [0.15, 0.2) is 12.1 Å². The molecule has 1 saturated heterocycles. The fourth-order valence-corrected chi connectivity index (χ4v) is 3.95. The lowest BCUT2D eigenvalue weighted by Crippen LogP contribution is -2.15. The van der Waals surface area contributed by atoms with E-state index in [0.717, 1.165) is 37.1 Å². The van der Waals surface area contributed by atoms with Crippen LogP contribution in [0.5, 0.6) is 0 Å². The molecule has 0 spiro atoms. The van der Waals surface area contributed by atoms with E-state index in [0.29, 0.717) is 16.9 Å². The van der Waals surface area contributed by atoms with Crippen molar-refractivity contribution in [3.63, 3.8) is 0 Å². The molecule has 1 fully saturated rings. The Morgan fingerprint density at radius 1 is 1.38 bits per heavy atom. The first-order valence-corrected chi connectivity index (χ1v) is 7.79. The standard InChI is InChI=1S/C14H14F2N2O2S/c15-8-5-10-11(6-9(8)16)18(7-13(19)20)14(17-10)12-3-1-2-4-21-12/h5-6,12H,1-4,7H2,(H,19,20). The molecule has 3 rings (SSSR count). The number of carboxylic acid groups (broad SMARTS) is 1. The lowest BCUT2D eigenvalue weighted by atomic mass is 10.2. The Kier molecular flexibility index (Phi) is 3.84. The number of benzene rings is 1. The number of rotatable bonds is 3. The molecule has 21 heavy (non-hydrogen) atoms. The van der Waals surface area contributed by atoms with Crippen LogP contribution in [-0.4, -0.2) is 26.4 Å². The maximum absolute atomic E-state index is 13.4. The average molecular weight is 312 g/mol. The molecule has 0 aliphatic carbocycles. The van der Waals surface area contributed by atoms with E-state index in [1.165, 1.54) is 4.57 Å². The van der Waals surface area contributed by atoms with Gasteiger partial charge >= 0.3 is 5.97 Å². The molecule has 4 nitrogen and oxygen atoms in total. The number of hydrogen-bond acceptors (Lipinski definition) is 3. The van der Waals surface area contributed by atoms with Gasteiger partial charge in [-0.3, -0.25) is 4.79 Å². The molecule has 2 aromatic rings. The Hall–Kier alpha value is -1.63. The summed E-state index contributed by atoms with van der Waals surface area (Å²) in [4.78, 5) is 15.4. The molecule has 1 aliphatic rings. The second-order valence-electron chi connectivity index (χ2n) is 5.06. The van der Waals surface area contributed by atoms with Gasteiger partial charge in [0.25, 0.3) is 0 Å². The summed E-state index contributed by atoms with van der Waals surface area (Å²) in [6.45, 7) is -0.298. The van der Waals surface area contributed by atoms with E-state index >= 15 is 0 Å². The predicted molar refractivity (Wildman–Crippen MR) is 76.3 cm³/mol. The topological polar surface area (TPSA) is 55.1 Å². The first kappa shape index (κ1) is 14.3. The molecule has 112 valence electrons. The first-order chi connectivity index (χ1) is 10.1. The molecule has 1 N–H and O–H groups in total. The van der Waals surface area contributed by atoms with Crippen LogP contribution in [0.4, 0.5) is 8.78 Å². The van der Waals surface area contributed by atoms with Gasteiger partial charge in [-0.2, -0.15) is 11.8 Å². The second-order valence-corrected chi connectivity index (χ2v) is 6.37. The van der Waals surface area contributed by atoms with E-state index in [4.69, 9.17) is 5.11 Å². The van der Waals surface area contributed by atoms with Crippen molar-refractivity contribution in [2.45, 2.75) is 31.1 Å². The molecule has 1 atom stereocenters. The lowest BCUT2D eigenvalue weighted by Gasteiger charge is -2.21.